The van der Waals surface area contributed by atoms with Gasteiger partial charge in [0.1, 0.15) is 13.2 Å². The zero-order chi connectivity index (χ0) is 41.5. The van der Waals surface area contributed by atoms with Gasteiger partial charge >= 0.3 is 17.9 Å². The van der Waals surface area contributed by atoms with Crippen molar-refractivity contribution in [3.05, 3.63) is 85.1 Å². The molecule has 0 aliphatic rings. The highest BCUT2D eigenvalue weighted by molar-refractivity contribution is 5.71. The van der Waals surface area contributed by atoms with Crippen LogP contribution >= 0.6 is 0 Å². The van der Waals surface area contributed by atoms with Crippen LogP contribution in [0.2, 0.25) is 0 Å². The van der Waals surface area contributed by atoms with Crippen LogP contribution in [0.1, 0.15) is 201 Å². The Kier molecular flexibility index (Phi) is 42.6. The van der Waals surface area contributed by atoms with Crippen molar-refractivity contribution in [2.75, 3.05) is 13.2 Å². The van der Waals surface area contributed by atoms with Gasteiger partial charge in [-0.1, -0.05) is 183 Å². The fraction of sp³-hybridized carbons (Fsp3) is 0.667. The number of rotatable bonds is 40. The molecule has 0 heterocycles. The van der Waals surface area contributed by atoms with E-state index in [9.17, 15) is 14.4 Å². The third-order valence-corrected chi connectivity index (χ3v) is 9.48. The maximum absolute atomic E-state index is 12.7. The molecule has 6 nitrogen and oxygen atoms in total. The van der Waals surface area contributed by atoms with Crippen LogP contribution in [0.15, 0.2) is 85.1 Å². The maximum atomic E-state index is 12.7. The third-order valence-electron chi connectivity index (χ3n) is 9.48. The van der Waals surface area contributed by atoms with Crippen molar-refractivity contribution in [2.24, 2.45) is 0 Å². The molecule has 0 aliphatic carbocycles. The van der Waals surface area contributed by atoms with Crippen LogP contribution in [0, 0.1) is 0 Å². The molecule has 0 aromatic heterocycles. The molecule has 57 heavy (non-hydrogen) atoms. The van der Waals surface area contributed by atoms with Crippen LogP contribution < -0.4 is 0 Å². The summed E-state index contributed by atoms with van der Waals surface area (Å²) in [5, 5.41) is 0. The third kappa shape index (κ3) is 43.6. The summed E-state index contributed by atoms with van der Waals surface area (Å²) in [6.45, 7) is 6.36. The Morgan fingerprint density at radius 3 is 1.18 bits per heavy atom. The summed E-state index contributed by atoms with van der Waals surface area (Å²) >= 11 is 0. The highest BCUT2D eigenvalue weighted by Crippen LogP contribution is 2.12. The van der Waals surface area contributed by atoms with Gasteiger partial charge in [0, 0.05) is 19.3 Å². The lowest BCUT2D eigenvalue weighted by molar-refractivity contribution is -0.167. The molecule has 0 saturated carbocycles. The molecular formula is C51H84O6. The molecule has 1 atom stereocenters. The Bertz CT molecular complexity index is 1140. The molecular weight excluding hydrogens is 709 g/mol. The van der Waals surface area contributed by atoms with Gasteiger partial charge in [-0.15, -0.1) is 0 Å². The lowest BCUT2D eigenvalue weighted by Crippen LogP contribution is -2.30. The molecule has 0 fully saturated rings. The lowest BCUT2D eigenvalue weighted by atomic mass is 10.1. The van der Waals surface area contributed by atoms with Gasteiger partial charge in [0.2, 0.25) is 0 Å². The van der Waals surface area contributed by atoms with E-state index in [0.29, 0.717) is 12.8 Å². The molecule has 0 spiro atoms. The van der Waals surface area contributed by atoms with E-state index in [-0.39, 0.29) is 44.0 Å². The van der Waals surface area contributed by atoms with Gasteiger partial charge in [-0.25, -0.2) is 0 Å². The minimum atomic E-state index is -0.817. The number of esters is 3. The van der Waals surface area contributed by atoms with Crippen LogP contribution in [-0.2, 0) is 28.6 Å². The monoisotopic (exact) mass is 793 g/mol. The van der Waals surface area contributed by atoms with E-state index in [2.05, 4.69) is 51.2 Å². The summed E-state index contributed by atoms with van der Waals surface area (Å²) < 4.78 is 16.6. The predicted molar refractivity (Wildman–Crippen MR) is 242 cm³/mol. The normalized spacial score (nSPS) is 12.8. The van der Waals surface area contributed by atoms with E-state index in [0.717, 1.165) is 77.0 Å². The largest absolute Gasteiger partial charge is 0.462 e. The number of unbranched alkanes of at least 4 members (excludes halogenated alkanes) is 19. The average molecular weight is 793 g/mol. The second kappa shape index (κ2) is 45.3. The van der Waals surface area contributed by atoms with E-state index in [4.69, 9.17) is 14.2 Å². The fourth-order valence-electron chi connectivity index (χ4n) is 5.99. The number of ether oxygens (including phenoxy) is 3. The minimum absolute atomic E-state index is 0.114. The quantitative estimate of drug-likeness (QED) is 0.0202. The Hall–Kier alpha value is -3.41. The SMILES string of the molecule is CC/C=C/C=C/C=C/C=C/C=C/CCCC(=O)OCC(COC(=O)CCCCC/C=C/CCCCCCCC)OC(=O)CCCCC/C=C/CCCCCCCC. The molecule has 0 aromatic rings. The molecule has 0 amide bonds. The van der Waals surface area contributed by atoms with Crippen LogP contribution in [0.5, 0.6) is 0 Å². The summed E-state index contributed by atoms with van der Waals surface area (Å²) in [6.07, 6.45) is 57.2. The van der Waals surface area contributed by atoms with Crippen molar-refractivity contribution in [1.82, 2.24) is 0 Å². The van der Waals surface area contributed by atoms with E-state index < -0.39 is 6.10 Å². The molecule has 0 radical (unpaired) electrons. The van der Waals surface area contributed by atoms with Crippen LogP contribution in [0.4, 0.5) is 0 Å². The van der Waals surface area contributed by atoms with Gasteiger partial charge in [0.15, 0.2) is 6.10 Å². The van der Waals surface area contributed by atoms with Gasteiger partial charge in [0.05, 0.1) is 0 Å². The van der Waals surface area contributed by atoms with Crippen molar-refractivity contribution < 1.29 is 28.6 Å². The Morgan fingerprint density at radius 2 is 0.719 bits per heavy atom. The Balaban J connectivity index is 4.55. The summed E-state index contributed by atoms with van der Waals surface area (Å²) in [4.78, 5) is 37.7. The van der Waals surface area contributed by atoms with Crippen molar-refractivity contribution in [3.63, 3.8) is 0 Å². The van der Waals surface area contributed by atoms with E-state index >= 15 is 0 Å². The summed E-state index contributed by atoms with van der Waals surface area (Å²) in [6, 6.07) is 0. The van der Waals surface area contributed by atoms with Gasteiger partial charge in [0.25, 0.3) is 0 Å². The summed E-state index contributed by atoms with van der Waals surface area (Å²) in [5.41, 5.74) is 0. The fourth-order valence-corrected chi connectivity index (χ4v) is 5.99. The first-order valence-electron chi connectivity index (χ1n) is 23.2. The molecule has 0 rings (SSSR count). The molecule has 0 saturated heterocycles. The minimum Gasteiger partial charge on any atom is -0.462 e. The van der Waals surface area contributed by atoms with Gasteiger partial charge in [-0.05, 0) is 83.5 Å². The van der Waals surface area contributed by atoms with Crippen molar-refractivity contribution in [2.45, 2.75) is 207 Å². The second-order valence-corrected chi connectivity index (χ2v) is 15.0. The van der Waals surface area contributed by atoms with Crippen molar-refractivity contribution in [1.29, 1.82) is 0 Å². The average Bonchev–Trinajstić information content (AvgIpc) is 3.21. The van der Waals surface area contributed by atoms with Gasteiger partial charge in [-0.3, -0.25) is 14.4 Å². The summed E-state index contributed by atoms with van der Waals surface area (Å²) in [5.74, 6) is -1.03. The Labute approximate surface area is 350 Å². The molecule has 6 heteroatoms. The van der Waals surface area contributed by atoms with Crippen LogP contribution in [0.25, 0.3) is 0 Å². The smallest absolute Gasteiger partial charge is 0.306 e. The number of hydrogen-bond donors (Lipinski definition) is 0. The van der Waals surface area contributed by atoms with E-state index in [1.165, 1.54) is 77.0 Å². The lowest BCUT2D eigenvalue weighted by Gasteiger charge is -2.18. The maximum Gasteiger partial charge on any atom is 0.306 e. The highest BCUT2D eigenvalue weighted by Gasteiger charge is 2.19. The zero-order valence-corrected chi connectivity index (χ0v) is 36.8. The molecule has 0 aliphatic heterocycles. The first-order chi connectivity index (χ1) is 28.0. The second-order valence-electron chi connectivity index (χ2n) is 15.0. The van der Waals surface area contributed by atoms with Crippen molar-refractivity contribution >= 4 is 17.9 Å². The van der Waals surface area contributed by atoms with E-state index in [1.807, 2.05) is 54.7 Å². The molecule has 0 bridgehead atoms. The molecule has 0 N–H and O–H groups in total. The summed E-state index contributed by atoms with van der Waals surface area (Å²) in [7, 11) is 0. The van der Waals surface area contributed by atoms with E-state index in [1.54, 1.807) is 0 Å². The first-order valence-corrected chi connectivity index (χ1v) is 23.2. The van der Waals surface area contributed by atoms with Gasteiger partial charge in [-0.2, -0.15) is 0 Å². The first kappa shape index (κ1) is 53.6. The predicted octanol–water partition coefficient (Wildman–Crippen LogP) is 14.9. The number of hydrogen-bond acceptors (Lipinski definition) is 6. The number of carbonyl (C=O) groups is 3. The topological polar surface area (TPSA) is 78.9 Å². The Morgan fingerprint density at radius 1 is 0.368 bits per heavy atom. The molecule has 1 unspecified atom stereocenters. The number of carbonyl (C=O) groups excluding carboxylic acids is 3. The highest BCUT2D eigenvalue weighted by atomic mass is 16.6. The molecule has 0 aromatic carbocycles. The van der Waals surface area contributed by atoms with Crippen LogP contribution in [0.3, 0.4) is 0 Å². The standard InChI is InChI=1S/C51H84O6/c1-4-7-10-13-16-19-22-25-28-31-34-37-40-43-49(52)55-46-48(57-51(54)45-42-39-36-33-30-27-24-21-18-15-12-9-6-3)47-56-50(53)44-41-38-35-32-29-26-23-20-17-14-11-8-5-2/h7,10,13,16,19,22,25-31,34,48H,4-6,8-9,11-12,14-15,17-18,20-21,23-24,32-33,35-47H2,1-3H3/b10-7+,16-13+,22-19+,28-25+,29-26+,30-27+,34-31+. The molecule has 324 valence electrons. The zero-order valence-electron chi connectivity index (χ0n) is 36.8. The van der Waals surface area contributed by atoms with Gasteiger partial charge < -0.3 is 14.2 Å². The van der Waals surface area contributed by atoms with Crippen LogP contribution in [-0.4, -0.2) is 37.2 Å². The van der Waals surface area contributed by atoms with Crippen molar-refractivity contribution in [3.8, 4) is 0 Å². The number of allylic oxidation sites excluding steroid dienone is 14.